The van der Waals surface area contributed by atoms with Crippen molar-refractivity contribution in [2.24, 2.45) is 18.7 Å². The predicted octanol–water partition coefficient (Wildman–Crippen LogP) is 1.29. The molecule has 94 valence electrons. The van der Waals surface area contributed by atoms with E-state index in [2.05, 4.69) is 23.2 Å². The van der Waals surface area contributed by atoms with Gasteiger partial charge in [0.25, 0.3) is 0 Å². The summed E-state index contributed by atoms with van der Waals surface area (Å²) >= 11 is 0. The average molecular weight is 234 g/mol. The minimum absolute atomic E-state index is 0.167. The first kappa shape index (κ1) is 11.2. The molecule has 0 amide bonds. The molecular formula is C13H22N4. The molecule has 4 nitrogen and oxygen atoms in total. The van der Waals surface area contributed by atoms with Crippen molar-refractivity contribution in [2.75, 3.05) is 7.05 Å². The Morgan fingerprint density at radius 2 is 1.94 bits per heavy atom. The Morgan fingerprint density at radius 1 is 1.29 bits per heavy atom. The molecule has 2 fully saturated rings. The highest BCUT2D eigenvalue weighted by molar-refractivity contribution is 5.12. The summed E-state index contributed by atoms with van der Waals surface area (Å²) in [4.78, 5) is 2.56. The van der Waals surface area contributed by atoms with E-state index >= 15 is 0 Å². The number of nitrogens with two attached hydrogens (primary N) is 1. The van der Waals surface area contributed by atoms with E-state index in [1.165, 1.54) is 31.2 Å². The van der Waals surface area contributed by atoms with Crippen LogP contribution < -0.4 is 5.73 Å². The van der Waals surface area contributed by atoms with Crippen LogP contribution in [0.15, 0.2) is 12.4 Å². The van der Waals surface area contributed by atoms with E-state index in [1.807, 2.05) is 17.9 Å². The van der Waals surface area contributed by atoms with Crippen molar-refractivity contribution < 1.29 is 0 Å². The lowest BCUT2D eigenvalue weighted by molar-refractivity contribution is 0.121. The number of hydrogen-bond acceptors (Lipinski definition) is 3. The Balaban J connectivity index is 1.74. The molecule has 0 radical (unpaired) electrons. The van der Waals surface area contributed by atoms with Crippen LogP contribution in [0.25, 0.3) is 0 Å². The molecule has 2 aliphatic rings. The number of rotatable bonds is 2. The van der Waals surface area contributed by atoms with Crippen LogP contribution in [0, 0.1) is 5.92 Å². The monoisotopic (exact) mass is 234 g/mol. The molecule has 3 heterocycles. The normalized spacial score (nSPS) is 35.1. The third kappa shape index (κ3) is 1.89. The molecule has 0 aliphatic carbocycles. The predicted molar refractivity (Wildman–Crippen MR) is 67.4 cm³/mol. The smallest absolute Gasteiger partial charge is 0.0537 e. The summed E-state index contributed by atoms with van der Waals surface area (Å²) < 4.78 is 1.85. The number of aromatic nitrogens is 2. The highest BCUT2D eigenvalue weighted by Crippen LogP contribution is 2.41. The standard InChI is InChI=1S/C13H22N4/c1-16-8-10(7-15-16)13(14)9-5-11-3-4-12(6-9)17(11)2/h7-9,11-13H,3-6,14H2,1-2H3. The maximum Gasteiger partial charge on any atom is 0.0537 e. The van der Waals surface area contributed by atoms with Crippen LogP contribution >= 0.6 is 0 Å². The summed E-state index contributed by atoms with van der Waals surface area (Å²) in [6, 6.07) is 1.70. The first-order chi connectivity index (χ1) is 8.15. The van der Waals surface area contributed by atoms with Crippen LogP contribution in [0.2, 0.25) is 0 Å². The molecule has 1 aromatic heterocycles. The van der Waals surface area contributed by atoms with Gasteiger partial charge in [-0.05, 0) is 38.6 Å². The Morgan fingerprint density at radius 3 is 2.47 bits per heavy atom. The van der Waals surface area contributed by atoms with E-state index < -0.39 is 0 Å². The van der Waals surface area contributed by atoms with Gasteiger partial charge >= 0.3 is 0 Å². The molecule has 3 atom stereocenters. The number of fused-ring (bicyclic) bond motifs is 2. The summed E-state index contributed by atoms with van der Waals surface area (Å²) in [5.74, 6) is 0.632. The maximum absolute atomic E-state index is 6.41. The van der Waals surface area contributed by atoms with Crippen LogP contribution in [0.1, 0.15) is 37.3 Å². The van der Waals surface area contributed by atoms with Crippen LogP contribution in [0.4, 0.5) is 0 Å². The zero-order chi connectivity index (χ0) is 12.0. The lowest BCUT2D eigenvalue weighted by Gasteiger charge is -2.38. The number of hydrogen-bond donors (Lipinski definition) is 1. The molecule has 0 aromatic carbocycles. The highest BCUT2D eigenvalue weighted by Gasteiger charge is 2.40. The quantitative estimate of drug-likeness (QED) is 0.839. The Labute approximate surface area is 103 Å². The van der Waals surface area contributed by atoms with Crippen LogP contribution in [0.3, 0.4) is 0 Å². The summed E-state index contributed by atoms with van der Waals surface area (Å²) in [5, 5.41) is 4.23. The van der Waals surface area contributed by atoms with Gasteiger partial charge in [0.05, 0.1) is 6.20 Å². The molecule has 2 N–H and O–H groups in total. The number of piperidine rings is 1. The molecule has 2 bridgehead atoms. The lowest BCUT2D eigenvalue weighted by Crippen LogP contribution is -2.42. The first-order valence-electron chi connectivity index (χ1n) is 6.61. The van der Waals surface area contributed by atoms with Gasteiger partial charge in [-0.15, -0.1) is 0 Å². The van der Waals surface area contributed by atoms with Gasteiger partial charge in [0.15, 0.2) is 0 Å². The van der Waals surface area contributed by atoms with E-state index in [1.54, 1.807) is 0 Å². The van der Waals surface area contributed by atoms with E-state index in [0.29, 0.717) is 5.92 Å². The molecule has 0 saturated carbocycles. The zero-order valence-corrected chi connectivity index (χ0v) is 10.7. The molecule has 1 aromatic rings. The van der Waals surface area contributed by atoms with Gasteiger partial charge in [-0.2, -0.15) is 5.10 Å². The summed E-state index contributed by atoms with van der Waals surface area (Å²) in [6.45, 7) is 0. The molecule has 3 rings (SSSR count). The molecule has 2 aliphatic heterocycles. The fourth-order valence-corrected chi connectivity index (χ4v) is 3.63. The van der Waals surface area contributed by atoms with Crippen molar-refractivity contribution in [3.8, 4) is 0 Å². The van der Waals surface area contributed by atoms with Crippen LogP contribution in [-0.2, 0) is 7.05 Å². The first-order valence-corrected chi connectivity index (χ1v) is 6.61. The van der Waals surface area contributed by atoms with Crippen molar-refractivity contribution in [1.82, 2.24) is 14.7 Å². The van der Waals surface area contributed by atoms with Crippen molar-refractivity contribution in [1.29, 1.82) is 0 Å². The Bertz CT molecular complexity index is 386. The van der Waals surface area contributed by atoms with Crippen LogP contribution in [-0.4, -0.2) is 33.8 Å². The second-order valence-electron chi connectivity index (χ2n) is 5.76. The van der Waals surface area contributed by atoms with E-state index in [4.69, 9.17) is 5.73 Å². The van der Waals surface area contributed by atoms with Gasteiger partial charge < -0.3 is 10.6 Å². The van der Waals surface area contributed by atoms with Gasteiger partial charge in [-0.3, -0.25) is 4.68 Å². The molecular weight excluding hydrogens is 212 g/mol. The highest BCUT2D eigenvalue weighted by atomic mass is 15.2. The second kappa shape index (κ2) is 4.10. The van der Waals surface area contributed by atoms with Gasteiger partial charge in [0, 0.05) is 36.9 Å². The Hall–Kier alpha value is -0.870. The summed E-state index contributed by atoms with van der Waals surface area (Å²) in [7, 11) is 4.22. The topological polar surface area (TPSA) is 47.1 Å². The zero-order valence-electron chi connectivity index (χ0n) is 10.7. The second-order valence-corrected chi connectivity index (χ2v) is 5.76. The van der Waals surface area contributed by atoms with Crippen molar-refractivity contribution in [2.45, 2.75) is 43.8 Å². The molecule has 2 saturated heterocycles. The van der Waals surface area contributed by atoms with E-state index in [9.17, 15) is 0 Å². The van der Waals surface area contributed by atoms with Gasteiger partial charge in [-0.25, -0.2) is 0 Å². The SMILES string of the molecule is CN1C2CCC1CC(C(N)c1cnn(C)c1)C2. The molecule has 17 heavy (non-hydrogen) atoms. The van der Waals surface area contributed by atoms with Gasteiger partial charge in [-0.1, -0.05) is 0 Å². The average Bonchev–Trinajstić information content (AvgIpc) is 2.79. The molecule has 0 spiro atoms. The van der Waals surface area contributed by atoms with Crippen LogP contribution in [0.5, 0.6) is 0 Å². The minimum atomic E-state index is 0.167. The minimum Gasteiger partial charge on any atom is -0.324 e. The van der Waals surface area contributed by atoms with Crippen molar-refractivity contribution in [3.63, 3.8) is 0 Å². The number of nitrogens with zero attached hydrogens (tertiary/aromatic N) is 3. The fraction of sp³-hybridized carbons (Fsp3) is 0.769. The van der Waals surface area contributed by atoms with Crippen molar-refractivity contribution >= 4 is 0 Å². The molecule has 3 unspecified atom stereocenters. The third-order valence-electron chi connectivity index (χ3n) is 4.75. The van der Waals surface area contributed by atoms with Gasteiger partial charge in [0.1, 0.15) is 0 Å². The largest absolute Gasteiger partial charge is 0.324 e. The summed E-state index contributed by atoms with van der Waals surface area (Å²) in [6.07, 6.45) is 9.21. The fourth-order valence-electron chi connectivity index (χ4n) is 3.63. The Kier molecular flexibility index (Phi) is 2.71. The van der Waals surface area contributed by atoms with Gasteiger partial charge in [0.2, 0.25) is 0 Å². The number of aryl methyl sites for hydroxylation is 1. The maximum atomic E-state index is 6.41. The molecule has 4 heteroatoms. The summed E-state index contributed by atoms with van der Waals surface area (Å²) in [5.41, 5.74) is 7.60. The lowest BCUT2D eigenvalue weighted by atomic mass is 9.83. The third-order valence-corrected chi connectivity index (χ3v) is 4.75. The van der Waals surface area contributed by atoms with E-state index in [-0.39, 0.29) is 6.04 Å². The van der Waals surface area contributed by atoms with Crippen molar-refractivity contribution in [3.05, 3.63) is 18.0 Å². The van der Waals surface area contributed by atoms with E-state index in [0.717, 1.165) is 12.1 Å².